The lowest BCUT2D eigenvalue weighted by atomic mass is 9.98. The molecule has 0 fully saturated rings. The predicted molar refractivity (Wildman–Crippen MR) is 103 cm³/mol. The molecule has 1 unspecified atom stereocenters. The van der Waals surface area contributed by atoms with E-state index < -0.39 is 22.0 Å². The molecule has 1 aromatic heterocycles. The summed E-state index contributed by atoms with van der Waals surface area (Å²) >= 11 is 0. The van der Waals surface area contributed by atoms with E-state index in [9.17, 15) is 22.5 Å². The second kappa shape index (κ2) is 7.83. The molecule has 2 aromatic carbocycles. The van der Waals surface area contributed by atoms with Gasteiger partial charge in [0.25, 0.3) is 10.1 Å². The smallest absolute Gasteiger partial charge is 0.294 e. The minimum atomic E-state index is -4.43. The summed E-state index contributed by atoms with van der Waals surface area (Å²) in [7, 11) is -2.98. The van der Waals surface area contributed by atoms with Gasteiger partial charge in [-0.05, 0) is 36.8 Å². The van der Waals surface area contributed by atoms with Crippen LogP contribution in [0.15, 0.2) is 47.4 Å². The fourth-order valence-electron chi connectivity index (χ4n) is 3.19. The third-order valence-electron chi connectivity index (χ3n) is 4.48. The number of fused-ring (bicyclic) bond motifs is 1. The molecular formula is C20H20FNO5S. The van der Waals surface area contributed by atoms with Gasteiger partial charge in [0, 0.05) is 29.9 Å². The Morgan fingerprint density at radius 3 is 2.54 bits per heavy atom. The summed E-state index contributed by atoms with van der Waals surface area (Å²) in [5.74, 6) is -0.201. The van der Waals surface area contributed by atoms with E-state index in [0.29, 0.717) is 16.8 Å². The number of benzene rings is 2. The van der Waals surface area contributed by atoms with Gasteiger partial charge in [-0.15, -0.1) is 0 Å². The molecule has 2 N–H and O–H groups in total. The molecule has 0 amide bonds. The van der Waals surface area contributed by atoms with Gasteiger partial charge in [0.2, 0.25) is 5.88 Å². The molecule has 0 aliphatic rings. The van der Waals surface area contributed by atoms with Gasteiger partial charge < -0.3 is 9.84 Å². The van der Waals surface area contributed by atoms with Crippen LogP contribution in [0.4, 0.5) is 4.39 Å². The lowest BCUT2D eigenvalue weighted by molar-refractivity contribution is 0.173. The summed E-state index contributed by atoms with van der Waals surface area (Å²) in [4.78, 5) is 4.01. The number of pyridine rings is 1. The van der Waals surface area contributed by atoms with E-state index >= 15 is 0 Å². The molecule has 0 aliphatic heterocycles. The Labute approximate surface area is 162 Å². The molecule has 0 bridgehead atoms. The second-order valence-electron chi connectivity index (χ2n) is 6.60. The first-order valence-corrected chi connectivity index (χ1v) is 10.00. The fraction of sp³-hybridized carbons (Fsp3) is 0.250. The number of halogens is 1. The van der Waals surface area contributed by atoms with E-state index in [1.54, 1.807) is 37.3 Å². The van der Waals surface area contributed by atoms with Gasteiger partial charge in [-0.25, -0.2) is 9.37 Å². The van der Waals surface area contributed by atoms with Gasteiger partial charge in [0.1, 0.15) is 5.82 Å². The molecule has 0 saturated carbocycles. The monoisotopic (exact) mass is 405 g/mol. The number of hydrogen-bond acceptors (Lipinski definition) is 5. The summed E-state index contributed by atoms with van der Waals surface area (Å²) in [6, 6.07) is 10.7. The van der Waals surface area contributed by atoms with Crippen LogP contribution in [0.3, 0.4) is 0 Å². The molecule has 0 radical (unpaired) electrons. The maximum atomic E-state index is 14.5. The molecule has 1 heterocycles. The van der Waals surface area contributed by atoms with E-state index in [-0.39, 0.29) is 28.9 Å². The molecule has 6 nitrogen and oxygen atoms in total. The number of aliphatic hydroxyl groups excluding tert-OH is 1. The third-order valence-corrected chi connectivity index (χ3v) is 5.44. The van der Waals surface area contributed by atoms with Crippen molar-refractivity contribution in [1.29, 1.82) is 0 Å². The summed E-state index contributed by atoms with van der Waals surface area (Å²) < 4.78 is 52.2. The van der Waals surface area contributed by atoms with Crippen LogP contribution in [0.5, 0.6) is 5.88 Å². The summed E-state index contributed by atoms with van der Waals surface area (Å²) in [6.45, 7) is 1.77. The van der Waals surface area contributed by atoms with Crippen LogP contribution in [-0.2, 0) is 23.0 Å². The number of rotatable bonds is 6. The standard InChI is InChI=1S/C20H20FNO5S/c1-12-3-7-18(28(24,25)26)14(9-12)10-15(23)11-16-17(21)6-4-13-5-8-19(27-2)22-20(13)16/h3-9,15,23H,10-11H2,1-2H3,(H,24,25,26). The van der Waals surface area contributed by atoms with Crippen molar-refractivity contribution >= 4 is 21.0 Å². The molecule has 0 saturated heterocycles. The Hall–Kier alpha value is -2.55. The minimum absolute atomic E-state index is 0.0728. The largest absolute Gasteiger partial charge is 0.481 e. The normalized spacial score (nSPS) is 12.9. The summed E-state index contributed by atoms with van der Waals surface area (Å²) in [6.07, 6.45) is -1.24. The van der Waals surface area contributed by atoms with Crippen LogP contribution in [0.1, 0.15) is 16.7 Å². The average Bonchev–Trinajstić information content (AvgIpc) is 2.62. The molecule has 0 spiro atoms. The maximum Gasteiger partial charge on any atom is 0.294 e. The summed E-state index contributed by atoms with van der Waals surface area (Å²) in [5, 5.41) is 11.2. The van der Waals surface area contributed by atoms with Crippen molar-refractivity contribution in [1.82, 2.24) is 4.98 Å². The highest BCUT2D eigenvalue weighted by Gasteiger charge is 2.20. The van der Waals surface area contributed by atoms with Crippen LogP contribution in [0, 0.1) is 12.7 Å². The summed E-state index contributed by atoms with van der Waals surface area (Å²) in [5.41, 5.74) is 1.63. The third kappa shape index (κ3) is 4.30. The number of aromatic nitrogens is 1. The maximum absolute atomic E-state index is 14.5. The molecule has 1 atom stereocenters. The van der Waals surface area contributed by atoms with Gasteiger partial charge in [-0.3, -0.25) is 4.55 Å². The van der Waals surface area contributed by atoms with Crippen LogP contribution in [0.2, 0.25) is 0 Å². The van der Waals surface area contributed by atoms with E-state index in [1.807, 2.05) is 0 Å². The molecular weight excluding hydrogens is 385 g/mol. The lowest BCUT2D eigenvalue weighted by Crippen LogP contribution is -2.17. The van der Waals surface area contributed by atoms with Crippen LogP contribution in [-0.4, -0.2) is 36.3 Å². The number of aliphatic hydroxyl groups is 1. The first-order chi connectivity index (χ1) is 13.2. The van der Waals surface area contributed by atoms with Gasteiger partial charge >= 0.3 is 0 Å². The highest BCUT2D eigenvalue weighted by molar-refractivity contribution is 7.85. The van der Waals surface area contributed by atoms with Gasteiger partial charge in [-0.1, -0.05) is 17.7 Å². The Morgan fingerprint density at radius 1 is 1.14 bits per heavy atom. The Morgan fingerprint density at radius 2 is 1.86 bits per heavy atom. The first kappa shape index (κ1) is 20.2. The Kier molecular flexibility index (Phi) is 5.64. The zero-order valence-corrected chi connectivity index (χ0v) is 16.2. The van der Waals surface area contributed by atoms with E-state index in [2.05, 4.69) is 4.98 Å². The number of nitrogens with zero attached hydrogens (tertiary/aromatic N) is 1. The fourth-order valence-corrected chi connectivity index (χ4v) is 3.91. The van der Waals surface area contributed by atoms with Crippen molar-refractivity contribution in [3.05, 3.63) is 65.0 Å². The van der Waals surface area contributed by atoms with Crippen LogP contribution < -0.4 is 4.74 Å². The van der Waals surface area contributed by atoms with Crippen LogP contribution in [0.25, 0.3) is 10.9 Å². The quantitative estimate of drug-likeness (QED) is 0.612. The van der Waals surface area contributed by atoms with Crippen molar-refractivity contribution in [3.8, 4) is 5.88 Å². The van der Waals surface area contributed by atoms with Gasteiger partial charge in [0.15, 0.2) is 0 Å². The van der Waals surface area contributed by atoms with E-state index in [4.69, 9.17) is 4.74 Å². The molecule has 0 aliphatic carbocycles. The highest BCUT2D eigenvalue weighted by atomic mass is 32.2. The van der Waals surface area contributed by atoms with Crippen molar-refractivity contribution in [3.63, 3.8) is 0 Å². The molecule has 148 valence electrons. The molecule has 3 rings (SSSR count). The van der Waals surface area contributed by atoms with Crippen LogP contribution >= 0.6 is 0 Å². The molecule has 28 heavy (non-hydrogen) atoms. The zero-order valence-electron chi connectivity index (χ0n) is 15.4. The van der Waals surface area contributed by atoms with Gasteiger partial charge in [-0.2, -0.15) is 8.42 Å². The van der Waals surface area contributed by atoms with Gasteiger partial charge in [0.05, 0.1) is 23.6 Å². The molecule has 3 aromatic rings. The van der Waals surface area contributed by atoms with E-state index in [0.717, 1.165) is 5.56 Å². The second-order valence-corrected chi connectivity index (χ2v) is 7.99. The predicted octanol–water partition coefficient (Wildman–Crippen LogP) is 3.08. The first-order valence-electron chi connectivity index (χ1n) is 8.56. The number of hydrogen-bond donors (Lipinski definition) is 2. The zero-order chi connectivity index (χ0) is 20.5. The van der Waals surface area contributed by atoms with Crippen molar-refractivity contribution in [2.45, 2.75) is 30.8 Å². The van der Waals surface area contributed by atoms with Crippen molar-refractivity contribution in [2.24, 2.45) is 0 Å². The number of aryl methyl sites for hydroxylation is 1. The van der Waals surface area contributed by atoms with E-state index in [1.165, 1.54) is 19.2 Å². The number of methoxy groups -OCH3 is 1. The Bertz CT molecular complexity index is 1130. The molecule has 8 heteroatoms. The lowest BCUT2D eigenvalue weighted by Gasteiger charge is -2.15. The van der Waals surface area contributed by atoms with Crippen molar-refractivity contribution < 1.29 is 27.2 Å². The van der Waals surface area contributed by atoms with Crippen molar-refractivity contribution in [2.75, 3.05) is 7.11 Å². The minimum Gasteiger partial charge on any atom is -0.481 e. The SMILES string of the molecule is COc1ccc2ccc(F)c(CC(O)Cc3cc(C)ccc3S(=O)(=O)O)c2n1. The highest BCUT2D eigenvalue weighted by Crippen LogP contribution is 2.26. The Balaban J connectivity index is 1.96. The average molecular weight is 405 g/mol. The number of ether oxygens (including phenoxy) is 1. The topological polar surface area (TPSA) is 96.7 Å².